The van der Waals surface area contributed by atoms with Crippen LogP contribution in [-0.4, -0.2) is 44.8 Å². The van der Waals surface area contributed by atoms with Crippen LogP contribution in [0.4, 0.5) is 5.69 Å². The molecule has 1 amide bonds. The van der Waals surface area contributed by atoms with Crippen LogP contribution in [0, 0.1) is 0 Å². The molecule has 0 atom stereocenters. The van der Waals surface area contributed by atoms with Crippen LogP contribution in [-0.2, 0) is 16.0 Å². The number of aromatic nitrogens is 1. The summed E-state index contributed by atoms with van der Waals surface area (Å²) in [4.78, 5) is 31.3. The van der Waals surface area contributed by atoms with E-state index in [-0.39, 0.29) is 0 Å². The van der Waals surface area contributed by atoms with Gasteiger partial charge in [-0.3, -0.25) is 4.79 Å². The van der Waals surface area contributed by atoms with Crippen LogP contribution in [0.1, 0.15) is 33.6 Å². The van der Waals surface area contributed by atoms with E-state index in [4.69, 9.17) is 28.7 Å². The van der Waals surface area contributed by atoms with Gasteiger partial charge in [-0.2, -0.15) is 0 Å². The molecule has 0 saturated carbocycles. The molecule has 1 heterocycles. The van der Waals surface area contributed by atoms with E-state index in [2.05, 4.69) is 5.32 Å². The Morgan fingerprint density at radius 2 is 1.48 bits per heavy atom. The summed E-state index contributed by atoms with van der Waals surface area (Å²) < 4.78 is 27.9. The third-order valence-corrected chi connectivity index (χ3v) is 7.63. The average Bonchev–Trinajstić information content (AvgIpc) is 3.48. The summed E-state index contributed by atoms with van der Waals surface area (Å²) in [6.45, 7) is -0.444. The number of fused-ring (bicyclic) bond motifs is 2. The number of nitrogens with one attached hydrogen (secondary N) is 1. The average molecular weight is 617 g/mol. The number of esters is 1. The van der Waals surface area contributed by atoms with E-state index in [0.717, 1.165) is 22.4 Å². The topological polar surface area (TPSA) is 105 Å². The predicted octanol–water partition coefficient (Wildman–Crippen LogP) is 7.34. The number of benzene rings is 4. The molecule has 9 nitrogen and oxygen atoms in total. The lowest BCUT2D eigenvalue weighted by Crippen LogP contribution is -2.21. The second kappa shape index (κ2) is 13.4. The lowest BCUT2D eigenvalue weighted by Gasteiger charge is -2.14. The first kappa shape index (κ1) is 30.2. The van der Waals surface area contributed by atoms with Gasteiger partial charge >= 0.3 is 5.97 Å². The summed E-state index contributed by atoms with van der Waals surface area (Å²) in [5.41, 5.74) is 4.95. The summed E-state index contributed by atoms with van der Waals surface area (Å²) >= 11 is 0. The molecular formula is C37H32N2O7. The van der Waals surface area contributed by atoms with Gasteiger partial charge in [0.1, 0.15) is 11.5 Å². The lowest BCUT2D eigenvalue weighted by molar-refractivity contribution is -0.119. The molecule has 5 aromatic rings. The zero-order valence-corrected chi connectivity index (χ0v) is 25.7. The maximum absolute atomic E-state index is 13.6. The van der Waals surface area contributed by atoms with Crippen molar-refractivity contribution >= 4 is 40.1 Å². The fourth-order valence-corrected chi connectivity index (χ4v) is 5.53. The van der Waals surface area contributed by atoms with Gasteiger partial charge in [-0.25, -0.2) is 9.78 Å². The summed E-state index contributed by atoms with van der Waals surface area (Å²) in [7, 11) is 4.70. The lowest BCUT2D eigenvalue weighted by atomic mass is 10.0. The van der Waals surface area contributed by atoms with E-state index < -0.39 is 18.5 Å². The highest BCUT2D eigenvalue weighted by molar-refractivity contribution is 6.08. The normalized spacial score (nSPS) is 12.8. The van der Waals surface area contributed by atoms with Crippen LogP contribution in [0.15, 0.2) is 91.0 Å². The van der Waals surface area contributed by atoms with Crippen molar-refractivity contribution < 1.29 is 33.3 Å². The Balaban J connectivity index is 1.20. The van der Waals surface area contributed by atoms with Gasteiger partial charge in [-0.05, 0) is 90.2 Å². The van der Waals surface area contributed by atoms with Gasteiger partial charge in [0.25, 0.3) is 5.91 Å². The van der Waals surface area contributed by atoms with Gasteiger partial charge in [-0.1, -0.05) is 36.4 Å². The van der Waals surface area contributed by atoms with Crippen LogP contribution in [0.25, 0.3) is 22.6 Å². The van der Waals surface area contributed by atoms with Crippen molar-refractivity contribution in [3.05, 3.63) is 113 Å². The third-order valence-electron chi connectivity index (χ3n) is 7.63. The Bertz CT molecular complexity index is 1910. The Morgan fingerprint density at radius 1 is 0.804 bits per heavy atom. The quantitative estimate of drug-likeness (QED) is 0.163. The Hall–Kier alpha value is -5.83. The molecule has 0 fully saturated rings. The van der Waals surface area contributed by atoms with Crippen molar-refractivity contribution in [2.45, 2.75) is 12.8 Å². The number of rotatable bonds is 10. The Labute approximate surface area is 266 Å². The first-order valence-electron chi connectivity index (χ1n) is 14.7. The van der Waals surface area contributed by atoms with E-state index in [1.165, 1.54) is 0 Å². The fraction of sp³-hybridized carbons (Fsp3) is 0.162. The van der Waals surface area contributed by atoms with Crippen LogP contribution in [0.2, 0.25) is 0 Å². The molecule has 0 unspecified atom stereocenters. The minimum absolute atomic E-state index is 0.420. The van der Waals surface area contributed by atoms with Crippen LogP contribution < -0.4 is 24.3 Å². The van der Waals surface area contributed by atoms with Gasteiger partial charge in [0.2, 0.25) is 5.75 Å². The van der Waals surface area contributed by atoms with Gasteiger partial charge in [0.05, 0.1) is 38.1 Å². The maximum Gasteiger partial charge on any atom is 0.339 e. The van der Waals surface area contributed by atoms with E-state index in [1.54, 1.807) is 45.6 Å². The minimum Gasteiger partial charge on any atom is -0.493 e. The van der Waals surface area contributed by atoms with Crippen LogP contribution in [0.3, 0.4) is 0 Å². The summed E-state index contributed by atoms with van der Waals surface area (Å²) in [5.74, 6) is 1.90. The number of ether oxygens (including phenoxy) is 5. The third kappa shape index (κ3) is 6.34. The zero-order valence-electron chi connectivity index (χ0n) is 25.7. The number of para-hydroxylation sites is 2. The van der Waals surface area contributed by atoms with Crippen LogP contribution >= 0.6 is 0 Å². The van der Waals surface area contributed by atoms with E-state index in [1.807, 2.05) is 72.8 Å². The van der Waals surface area contributed by atoms with Crippen molar-refractivity contribution in [2.75, 3.05) is 33.3 Å². The minimum atomic E-state index is -0.578. The largest absolute Gasteiger partial charge is 0.493 e. The highest BCUT2D eigenvalue weighted by atomic mass is 16.5. The molecule has 1 aliphatic rings. The number of amides is 1. The second-order valence-electron chi connectivity index (χ2n) is 10.5. The van der Waals surface area contributed by atoms with Gasteiger partial charge in [0.15, 0.2) is 18.1 Å². The highest BCUT2D eigenvalue weighted by Gasteiger charge is 2.28. The smallest absolute Gasteiger partial charge is 0.339 e. The number of carbonyl (C=O) groups is 2. The van der Waals surface area contributed by atoms with Gasteiger partial charge in [0, 0.05) is 11.1 Å². The molecule has 9 heteroatoms. The number of pyridine rings is 1. The molecule has 0 aliphatic heterocycles. The fourth-order valence-electron chi connectivity index (χ4n) is 5.53. The molecule has 1 aromatic heterocycles. The molecular weight excluding hydrogens is 584 g/mol. The standard InChI is InChI=1S/C37H32N2O7/c1-42-31-20-23(21-32(43-2)36(31)44-3)19-24-13-18-29-34(28-11-7-8-12-30(28)39-35(24)29)37(41)45-22-33(40)38-25-14-16-27(17-15-25)46-26-9-5-4-6-10-26/h4-12,14-17,19-21H,13,18,22H2,1-3H3,(H,38,40). The van der Waals surface area contributed by atoms with Crippen molar-refractivity contribution in [3.8, 4) is 28.7 Å². The molecule has 46 heavy (non-hydrogen) atoms. The molecule has 4 aromatic carbocycles. The monoisotopic (exact) mass is 616 g/mol. The molecule has 0 spiro atoms. The van der Waals surface area contributed by atoms with Gasteiger partial charge < -0.3 is 29.0 Å². The molecule has 6 rings (SSSR count). The SMILES string of the molecule is COc1cc(C=C2CCc3c2nc2ccccc2c3C(=O)OCC(=O)Nc2ccc(Oc3ccccc3)cc2)cc(OC)c1OC. The second-order valence-corrected chi connectivity index (χ2v) is 10.5. The summed E-state index contributed by atoms with van der Waals surface area (Å²) in [6.07, 6.45) is 3.27. The number of anilines is 1. The summed E-state index contributed by atoms with van der Waals surface area (Å²) in [6, 6.07) is 27.5. The Morgan fingerprint density at radius 3 is 2.17 bits per heavy atom. The predicted molar refractivity (Wildman–Crippen MR) is 176 cm³/mol. The molecule has 1 N–H and O–H groups in total. The number of nitrogens with zero attached hydrogens (tertiary/aromatic N) is 1. The molecule has 0 bridgehead atoms. The number of carbonyl (C=O) groups excluding carboxylic acids is 2. The molecule has 0 saturated heterocycles. The van der Waals surface area contributed by atoms with Gasteiger partial charge in [-0.15, -0.1) is 0 Å². The number of hydrogen-bond donors (Lipinski definition) is 1. The highest BCUT2D eigenvalue weighted by Crippen LogP contribution is 2.41. The van der Waals surface area contributed by atoms with E-state index in [9.17, 15) is 9.59 Å². The number of methoxy groups -OCH3 is 3. The van der Waals surface area contributed by atoms with Crippen molar-refractivity contribution in [3.63, 3.8) is 0 Å². The maximum atomic E-state index is 13.6. The van der Waals surface area contributed by atoms with Crippen molar-refractivity contribution in [2.24, 2.45) is 0 Å². The number of allylic oxidation sites excluding steroid dienone is 1. The molecule has 1 aliphatic carbocycles. The first-order valence-corrected chi connectivity index (χ1v) is 14.7. The zero-order chi connectivity index (χ0) is 32.0. The molecule has 0 radical (unpaired) electrons. The van der Waals surface area contributed by atoms with E-state index >= 15 is 0 Å². The van der Waals surface area contributed by atoms with Crippen molar-refractivity contribution in [1.82, 2.24) is 4.98 Å². The van der Waals surface area contributed by atoms with Crippen LogP contribution in [0.5, 0.6) is 28.7 Å². The first-order chi connectivity index (χ1) is 22.5. The van der Waals surface area contributed by atoms with E-state index in [0.29, 0.717) is 63.7 Å². The molecule has 232 valence electrons. The Kier molecular flexibility index (Phi) is 8.82. The number of hydrogen-bond acceptors (Lipinski definition) is 8. The summed E-state index contributed by atoms with van der Waals surface area (Å²) in [5, 5.41) is 3.44. The van der Waals surface area contributed by atoms with Crippen molar-refractivity contribution in [1.29, 1.82) is 0 Å².